The Morgan fingerprint density at radius 3 is 2.77 bits per heavy atom. The summed E-state index contributed by atoms with van der Waals surface area (Å²) in [6.45, 7) is -0.531. The number of aromatic nitrogens is 5. The Labute approximate surface area is 145 Å². The van der Waals surface area contributed by atoms with E-state index >= 15 is 0 Å². The highest BCUT2D eigenvalue weighted by Gasteiger charge is 2.41. The van der Waals surface area contributed by atoms with Crippen molar-refractivity contribution in [2.75, 3.05) is 5.32 Å². The molecule has 26 heavy (non-hydrogen) atoms. The smallest absolute Gasteiger partial charge is 0.272 e. The maximum absolute atomic E-state index is 13.5. The first-order valence-electron chi connectivity index (χ1n) is 7.61. The SMILES string of the molecule is N#Cc1ccc(-n2ncnc2NC(=O)c2cnn3c2CC(F)(F)C3)cc1. The molecule has 0 atom stereocenters. The van der Waals surface area contributed by atoms with Gasteiger partial charge in [0.25, 0.3) is 11.8 Å². The van der Waals surface area contributed by atoms with Crippen LogP contribution in [-0.2, 0) is 13.0 Å². The Kier molecular flexibility index (Phi) is 3.50. The lowest BCUT2D eigenvalue weighted by molar-refractivity contribution is 0.000941. The number of rotatable bonds is 3. The number of hydrogen-bond acceptors (Lipinski definition) is 5. The monoisotopic (exact) mass is 355 g/mol. The van der Waals surface area contributed by atoms with Gasteiger partial charge in [0.05, 0.1) is 41.2 Å². The first kappa shape index (κ1) is 15.9. The van der Waals surface area contributed by atoms with E-state index in [9.17, 15) is 13.6 Å². The molecule has 1 N–H and O–H groups in total. The molecule has 0 saturated heterocycles. The quantitative estimate of drug-likeness (QED) is 0.772. The average molecular weight is 355 g/mol. The molecule has 1 aliphatic rings. The second kappa shape index (κ2) is 5.73. The molecule has 0 spiro atoms. The number of amides is 1. The second-order valence-corrected chi connectivity index (χ2v) is 5.80. The third-order valence-electron chi connectivity index (χ3n) is 4.01. The Bertz CT molecular complexity index is 1030. The summed E-state index contributed by atoms with van der Waals surface area (Å²) in [4.78, 5) is 16.5. The fraction of sp³-hybridized carbons (Fsp3) is 0.188. The predicted molar refractivity (Wildman–Crippen MR) is 84.9 cm³/mol. The van der Waals surface area contributed by atoms with Crippen LogP contribution in [0.15, 0.2) is 36.8 Å². The Morgan fingerprint density at radius 2 is 2.04 bits per heavy atom. The fourth-order valence-electron chi connectivity index (χ4n) is 2.80. The molecule has 0 bridgehead atoms. The minimum atomic E-state index is -2.90. The number of halogens is 2. The molecule has 4 rings (SSSR count). The van der Waals surface area contributed by atoms with Gasteiger partial charge < -0.3 is 0 Å². The lowest BCUT2D eigenvalue weighted by Gasteiger charge is -2.08. The number of hydrogen-bond donors (Lipinski definition) is 1. The molecule has 1 amide bonds. The van der Waals surface area contributed by atoms with Gasteiger partial charge in [0, 0.05) is 0 Å². The first-order chi connectivity index (χ1) is 12.5. The van der Waals surface area contributed by atoms with Gasteiger partial charge in [-0.1, -0.05) is 0 Å². The lowest BCUT2D eigenvalue weighted by atomic mass is 10.1. The molecule has 0 fully saturated rings. The van der Waals surface area contributed by atoms with Crippen molar-refractivity contribution in [2.24, 2.45) is 0 Å². The highest BCUT2D eigenvalue weighted by molar-refractivity contribution is 6.04. The summed E-state index contributed by atoms with van der Waals surface area (Å²) in [7, 11) is 0. The average Bonchev–Trinajstić information content (AvgIpc) is 3.28. The topological polar surface area (TPSA) is 101 Å². The summed E-state index contributed by atoms with van der Waals surface area (Å²) in [5.74, 6) is -3.36. The Hall–Kier alpha value is -3.61. The third kappa shape index (κ3) is 2.69. The molecule has 0 radical (unpaired) electrons. The number of alkyl halides is 2. The van der Waals surface area contributed by atoms with Crippen molar-refractivity contribution < 1.29 is 13.6 Å². The van der Waals surface area contributed by atoms with Gasteiger partial charge >= 0.3 is 0 Å². The molecule has 1 aliphatic heterocycles. The van der Waals surface area contributed by atoms with Crippen LogP contribution in [0.1, 0.15) is 21.6 Å². The largest absolute Gasteiger partial charge is 0.290 e. The van der Waals surface area contributed by atoms with Gasteiger partial charge in [0.1, 0.15) is 12.9 Å². The third-order valence-corrected chi connectivity index (χ3v) is 4.01. The molecule has 10 heteroatoms. The van der Waals surface area contributed by atoms with E-state index in [1.807, 2.05) is 6.07 Å². The molecule has 8 nitrogen and oxygen atoms in total. The zero-order chi connectivity index (χ0) is 18.3. The zero-order valence-electron chi connectivity index (χ0n) is 13.2. The van der Waals surface area contributed by atoms with E-state index in [2.05, 4.69) is 20.5 Å². The van der Waals surface area contributed by atoms with Crippen molar-refractivity contribution >= 4 is 11.9 Å². The summed E-state index contributed by atoms with van der Waals surface area (Å²) in [5, 5.41) is 19.3. The van der Waals surface area contributed by atoms with Crippen LogP contribution in [0.5, 0.6) is 0 Å². The maximum Gasteiger partial charge on any atom is 0.272 e. The molecule has 0 saturated carbocycles. The summed E-state index contributed by atoms with van der Waals surface area (Å²) in [6.07, 6.45) is 1.99. The highest BCUT2D eigenvalue weighted by atomic mass is 19.3. The summed E-state index contributed by atoms with van der Waals surface area (Å²) >= 11 is 0. The lowest BCUT2D eigenvalue weighted by Crippen LogP contribution is -2.19. The number of carbonyl (C=O) groups is 1. The van der Waals surface area contributed by atoms with Crippen molar-refractivity contribution in [2.45, 2.75) is 18.9 Å². The number of nitrogens with one attached hydrogen (secondary N) is 1. The minimum Gasteiger partial charge on any atom is -0.290 e. The van der Waals surface area contributed by atoms with Crippen LogP contribution in [0, 0.1) is 11.3 Å². The molecular formula is C16H11F2N7O. The van der Waals surface area contributed by atoms with E-state index in [1.165, 1.54) is 17.2 Å². The maximum atomic E-state index is 13.5. The van der Waals surface area contributed by atoms with Crippen molar-refractivity contribution in [3.8, 4) is 11.8 Å². The van der Waals surface area contributed by atoms with Crippen molar-refractivity contribution in [1.82, 2.24) is 24.5 Å². The number of benzene rings is 1. The number of anilines is 1. The summed E-state index contributed by atoms with van der Waals surface area (Å²) < 4.78 is 29.5. The Morgan fingerprint density at radius 1 is 1.27 bits per heavy atom. The summed E-state index contributed by atoms with van der Waals surface area (Å²) in [5.41, 5.74) is 1.34. The normalized spacial score (nSPS) is 14.7. The van der Waals surface area contributed by atoms with Crippen molar-refractivity contribution in [1.29, 1.82) is 5.26 Å². The Balaban J connectivity index is 1.59. The van der Waals surface area contributed by atoms with E-state index in [0.717, 1.165) is 4.68 Å². The van der Waals surface area contributed by atoms with Crippen LogP contribution < -0.4 is 5.32 Å². The molecule has 0 aliphatic carbocycles. The second-order valence-electron chi connectivity index (χ2n) is 5.80. The highest BCUT2D eigenvalue weighted by Crippen LogP contribution is 2.31. The number of nitriles is 1. The van der Waals surface area contributed by atoms with Gasteiger partial charge in [-0.05, 0) is 24.3 Å². The zero-order valence-corrected chi connectivity index (χ0v) is 13.2. The van der Waals surface area contributed by atoms with E-state index < -0.39 is 24.8 Å². The van der Waals surface area contributed by atoms with Crippen LogP contribution in [0.2, 0.25) is 0 Å². The predicted octanol–water partition coefficient (Wildman–Crippen LogP) is 1.78. The van der Waals surface area contributed by atoms with Crippen LogP contribution >= 0.6 is 0 Å². The van der Waals surface area contributed by atoms with Crippen molar-refractivity contribution in [3.63, 3.8) is 0 Å². The van der Waals surface area contributed by atoms with Crippen LogP contribution in [0.4, 0.5) is 14.7 Å². The number of nitrogens with zero attached hydrogens (tertiary/aromatic N) is 6. The van der Waals surface area contributed by atoms with Gasteiger partial charge in [-0.3, -0.25) is 14.8 Å². The van der Waals surface area contributed by atoms with Gasteiger partial charge in [-0.25, -0.2) is 8.78 Å². The van der Waals surface area contributed by atoms with E-state index in [0.29, 0.717) is 11.3 Å². The molecular weight excluding hydrogens is 344 g/mol. The van der Waals surface area contributed by atoms with E-state index in [-0.39, 0.29) is 17.2 Å². The number of carbonyl (C=O) groups excluding carboxylic acids is 1. The van der Waals surface area contributed by atoms with Crippen LogP contribution in [0.25, 0.3) is 5.69 Å². The molecule has 2 aromatic heterocycles. The van der Waals surface area contributed by atoms with Crippen molar-refractivity contribution in [3.05, 3.63) is 53.6 Å². The van der Waals surface area contributed by atoms with E-state index in [4.69, 9.17) is 5.26 Å². The van der Waals surface area contributed by atoms with Crippen LogP contribution in [0.3, 0.4) is 0 Å². The molecule has 0 unspecified atom stereocenters. The van der Waals surface area contributed by atoms with Gasteiger partial charge in [-0.15, -0.1) is 0 Å². The van der Waals surface area contributed by atoms with Gasteiger partial charge in [0.2, 0.25) is 5.95 Å². The molecule has 3 heterocycles. The minimum absolute atomic E-state index is 0.0801. The van der Waals surface area contributed by atoms with Gasteiger partial charge in [0.15, 0.2) is 0 Å². The van der Waals surface area contributed by atoms with Crippen LogP contribution in [-0.4, -0.2) is 36.4 Å². The summed E-state index contributed by atoms with van der Waals surface area (Å²) in [6, 6.07) is 8.53. The molecule has 1 aromatic carbocycles. The fourth-order valence-corrected chi connectivity index (χ4v) is 2.80. The first-order valence-corrected chi connectivity index (χ1v) is 7.61. The number of fused-ring (bicyclic) bond motifs is 1. The standard InChI is InChI=1S/C16H11F2N7O/c17-16(18)5-13-12(7-21-24(13)8-16)14(26)23-15-20-9-22-25(15)11-3-1-10(6-19)2-4-11/h1-4,7,9H,5,8H2,(H,20,22,23,26). The molecule has 3 aromatic rings. The van der Waals surface area contributed by atoms with Gasteiger partial charge in [-0.2, -0.15) is 25.1 Å². The van der Waals surface area contributed by atoms with E-state index in [1.54, 1.807) is 24.3 Å². The molecule has 130 valence electrons.